The fourth-order valence-electron chi connectivity index (χ4n) is 1.09. The molecule has 84 valence electrons. The van der Waals surface area contributed by atoms with E-state index in [0.717, 1.165) is 0 Å². The molecule has 5 N–H and O–H groups in total. The molecule has 0 amide bonds. The van der Waals surface area contributed by atoms with Crippen LogP contribution in [0.3, 0.4) is 0 Å². The van der Waals surface area contributed by atoms with Crippen LogP contribution in [0.4, 0.5) is 0 Å². The fourth-order valence-corrected chi connectivity index (χ4v) is 1.65. The molecule has 0 aromatic rings. The Labute approximate surface area is 79.1 Å². The van der Waals surface area contributed by atoms with E-state index in [9.17, 15) is 8.42 Å². The van der Waals surface area contributed by atoms with Crippen LogP contribution in [0.1, 0.15) is 0 Å². The number of hydrogen-bond donors (Lipinski definition) is 5. The van der Waals surface area contributed by atoms with Crippen molar-refractivity contribution in [1.29, 1.82) is 0 Å². The third-order valence-electron chi connectivity index (χ3n) is 1.86. The third-order valence-corrected chi connectivity index (χ3v) is 2.74. The lowest BCUT2D eigenvalue weighted by Gasteiger charge is -2.17. The maximum absolute atomic E-state index is 10.4. The first kappa shape index (κ1) is 11.8. The van der Waals surface area contributed by atoms with Gasteiger partial charge in [-0.15, -0.1) is 0 Å². The molecule has 0 aromatic heterocycles. The molecule has 5 atom stereocenters. The number of ether oxygens (including phenoxy) is 1. The summed E-state index contributed by atoms with van der Waals surface area (Å²) in [4.78, 5) is 0. The van der Waals surface area contributed by atoms with E-state index in [2.05, 4.69) is 4.74 Å². The van der Waals surface area contributed by atoms with Gasteiger partial charge in [0.2, 0.25) is 5.44 Å². The van der Waals surface area contributed by atoms with Gasteiger partial charge in [-0.3, -0.25) is 4.55 Å². The molecule has 8 nitrogen and oxygen atoms in total. The van der Waals surface area contributed by atoms with Gasteiger partial charge in [0.05, 0.1) is 0 Å². The largest absolute Gasteiger partial charge is 0.387 e. The molecule has 1 aliphatic heterocycles. The Kier molecular flexibility index (Phi) is 3.11. The second-order valence-electron chi connectivity index (χ2n) is 2.88. The molecule has 0 saturated carbocycles. The lowest BCUT2D eigenvalue weighted by atomic mass is 10.1. The van der Waals surface area contributed by atoms with Gasteiger partial charge in [0.25, 0.3) is 10.1 Å². The number of rotatable bonds is 2. The summed E-state index contributed by atoms with van der Waals surface area (Å²) in [6, 6.07) is 0. The molecule has 0 aromatic carbocycles. The molecule has 1 rings (SSSR count). The third kappa shape index (κ3) is 2.03. The van der Waals surface area contributed by atoms with Crippen molar-refractivity contribution in [3.8, 4) is 0 Å². The lowest BCUT2D eigenvalue weighted by Crippen LogP contribution is -2.42. The van der Waals surface area contributed by atoms with E-state index in [1.54, 1.807) is 0 Å². The van der Waals surface area contributed by atoms with E-state index in [4.69, 9.17) is 25.0 Å². The quantitative estimate of drug-likeness (QED) is 0.309. The summed E-state index contributed by atoms with van der Waals surface area (Å²) in [6.45, 7) is 0. The molecule has 0 spiro atoms. The Morgan fingerprint density at radius 2 is 1.64 bits per heavy atom. The van der Waals surface area contributed by atoms with Gasteiger partial charge < -0.3 is 25.2 Å². The number of hydrogen-bond acceptors (Lipinski definition) is 7. The lowest BCUT2D eigenvalue weighted by molar-refractivity contribution is -0.137. The monoisotopic (exact) mass is 230 g/mol. The van der Waals surface area contributed by atoms with Gasteiger partial charge in [0.15, 0.2) is 6.29 Å². The first-order valence-electron chi connectivity index (χ1n) is 3.59. The summed E-state index contributed by atoms with van der Waals surface area (Å²) in [5.41, 5.74) is -2.41. The SMILES string of the molecule is O=S(=O)(O)C(O)[C@H]1O[C@H](O)[C@@H](O)[C@@H]1O. The molecule has 9 heteroatoms. The van der Waals surface area contributed by atoms with E-state index in [1.807, 2.05) is 0 Å². The highest BCUT2D eigenvalue weighted by molar-refractivity contribution is 7.86. The van der Waals surface area contributed by atoms with Crippen molar-refractivity contribution in [3.63, 3.8) is 0 Å². The van der Waals surface area contributed by atoms with Crippen LogP contribution in [0.5, 0.6) is 0 Å². The summed E-state index contributed by atoms with van der Waals surface area (Å²) >= 11 is 0. The molecule has 1 aliphatic rings. The molecular weight excluding hydrogens is 220 g/mol. The van der Waals surface area contributed by atoms with E-state index >= 15 is 0 Å². The van der Waals surface area contributed by atoms with Gasteiger partial charge in [0.1, 0.15) is 18.3 Å². The fraction of sp³-hybridized carbons (Fsp3) is 1.00. The van der Waals surface area contributed by atoms with E-state index in [-0.39, 0.29) is 0 Å². The maximum atomic E-state index is 10.4. The normalized spacial score (nSPS) is 41.2. The first-order valence-corrected chi connectivity index (χ1v) is 5.09. The zero-order valence-corrected chi connectivity index (χ0v) is 7.57. The van der Waals surface area contributed by atoms with E-state index < -0.39 is 40.2 Å². The van der Waals surface area contributed by atoms with Gasteiger partial charge in [-0.05, 0) is 0 Å². The Balaban J connectivity index is 2.82. The summed E-state index contributed by atoms with van der Waals surface area (Å²) in [7, 11) is -4.82. The zero-order chi connectivity index (χ0) is 11.1. The molecule has 0 aliphatic carbocycles. The summed E-state index contributed by atoms with van der Waals surface area (Å²) in [6.07, 6.45) is -7.10. The van der Waals surface area contributed by atoms with Crippen LogP contribution in [0.2, 0.25) is 0 Å². The summed E-state index contributed by atoms with van der Waals surface area (Å²) in [5.74, 6) is 0. The Morgan fingerprint density at radius 1 is 1.14 bits per heavy atom. The second kappa shape index (κ2) is 3.70. The van der Waals surface area contributed by atoms with Crippen LogP contribution in [-0.4, -0.2) is 63.4 Å². The van der Waals surface area contributed by atoms with Gasteiger partial charge in [-0.25, -0.2) is 0 Å². The Bertz CT molecular complexity index is 299. The second-order valence-corrected chi connectivity index (χ2v) is 4.39. The molecule has 14 heavy (non-hydrogen) atoms. The van der Waals surface area contributed by atoms with Crippen LogP contribution in [0, 0.1) is 0 Å². The minimum absolute atomic E-state index is 1.73. The van der Waals surface area contributed by atoms with Gasteiger partial charge in [-0.1, -0.05) is 0 Å². The Morgan fingerprint density at radius 3 is 1.93 bits per heavy atom. The highest BCUT2D eigenvalue weighted by atomic mass is 32.2. The number of aliphatic hydroxyl groups excluding tert-OH is 4. The van der Waals surface area contributed by atoms with E-state index in [1.165, 1.54) is 0 Å². The van der Waals surface area contributed by atoms with Crippen molar-refractivity contribution in [2.24, 2.45) is 0 Å². The topological polar surface area (TPSA) is 145 Å². The molecule has 1 heterocycles. The highest BCUT2D eigenvalue weighted by Gasteiger charge is 2.48. The number of aliphatic hydroxyl groups is 4. The van der Waals surface area contributed by atoms with Crippen LogP contribution >= 0.6 is 0 Å². The van der Waals surface area contributed by atoms with Crippen molar-refractivity contribution in [2.75, 3.05) is 0 Å². The molecule has 0 bridgehead atoms. The average Bonchev–Trinajstić information content (AvgIpc) is 2.30. The Hall–Kier alpha value is -0.290. The standard InChI is InChI=1S/C5H10O8S/c6-1-2(7)4(8)13-3(1)5(9)14(10,11)12/h1-9H,(H,10,11,12)/t1-,2-,3-,4-,5?/m0/s1. The van der Waals surface area contributed by atoms with Crippen molar-refractivity contribution < 1.29 is 38.1 Å². The van der Waals surface area contributed by atoms with Gasteiger partial charge in [0, 0.05) is 0 Å². The van der Waals surface area contributed by atoms with Crippen LogP contribution < -0.4 is 0 Å². The summed E-state index contributed by atoms with van der Waals surface area (Å²) < 4.78 is 33.6. The molecule has 1 unspecified atom stereocenters. The van der Waals surface area contributed by atoms with E-state index in [0.29, 0.717) is 0 Å². The molecular formula is C5H10O8S. The zero-order valence-electron chi connectivity index (χ0n) is 6.76. The van der Waals surface area contributed by atoms with Crippen molar-refractivity contribution in [2.45, 2.75) is 30.0 Å². The smallest absolute Gasteiger partial charge is 0.294 e. The van der Waals surface area contributed by atoms with Crippen molar-refractivity contribution >= 4 is 10.1 Å². The van der Waals surface area contributed by atoms with Crippen LogP contribution in [-0.2, 0) is 14.9 Å². The summed E-state index contributed by atoms with van der Waals surface area (Å²) in [5, 5.41) is 35.8. The van der Waals surface area contributed by atoms with Crippen molar-refractivity contribution in [3.05, 3.63) is 0 Å². The maximum Gasteiger partial charge on any atom is 0.294 e. The average molecular weight is 230 g/mol. The predicted molar refractivity (Wildman–Crippen MR) is 40.4 cm³/mol. The molecule has 1 saturated heterocycles. The van der Waals surface area contributed by atoms with Gasteiger partial charge in [-0.2, -0.15) is 8.42 Å². The minimum Gasteiger partial charge on any atom is -0.387 e. The van der Waals surface area contributed by atoms with Gasteiger partial charge >= 0.3 is 0 Å². The highest BCUT2D eigenvalue weighted by Crippen LogP contribution is 2.23. The predicted octanol–water partition coefficient (Wildman–Crippen LogP) is -3.37. The van der Waals surface area contributed by atoms with Crippen LogP contribution in [0.25, 0.3) is 0 Å². The molecule has 0 radical (unpaired) electrons. The van der Waals surface area contributed by atoms with Crippen molar-refractivity contribution in [1.82, 2.24) is 0 Å². The minimum atomic E-state index is -4.82. The van der Waals surface area contributed by atoms with Crippen LogP contribution in [0.15, 0.2) is 0 Å². The first-order chi connectivity index (χ1) is 6.25. The molecule has 1 fully saturated rings.